The summed E-state index contributed by atoms with van der Waals surface area (Å²) in [7, 11) is 0. The van der Waals surface area contributed by atoms with E-state index in [9.17, 15) is 14.3 Å². The van der Waals surface area contributed by atoms with E-state index in [1.165, 1.54) is 12.1 Å². The molecule has 1 amide bonds. The van der Waals surface area contributed by atoms with Crippen LogP contribution < -0.4 is 10.6 Å². The van der Waals surface area contributed by atoms with Crippen molar-refractivity contribution < 1.29 is 14.3 Å². The molecule has 0 radical (unpaired) electrons. The molecule has 0 bridgehead atoms. The number of aliphatic hydroxyl groups excluding tert-OH is 1. The highest BCUT2D eigenvalue weighted by Gasteiger charge is 2.27. The van der Waals surface area contributed by atoms with Crippen LogP contribution >= 0.6 is 11.6 Å². The van der Waals surface area contributed by atoms with Crippen LogP contribution in [0.5, 0.6) is 0 Å². The van der Waals surface area contributed by atoms with Gasteiger partial charge in [-0.1, -0.05) is 11.6 Å². The number of hydrogen-bond donors (Lipinski definition) is 3. The molecule has 3 N–H and O–H groups in total. The number of nitrogens with one attached hydrogen (secondary N) is 2. The molecular weight excluding hydrogens is 247 g/mol. The van der Waals surface area contributed by atoms with Gasteiger partial charge in [0.15, 0.2) is 0 Å². The van der Waals surface area contributed by atoms with Crippen molar-refractivity contribution >= 4 is 23.2 Å². The zero-order valence-electron chi connectivity index (χ0n) is 8.91. The summed E-state index contributed by atoms with van der Waals surface area (Å²) in [6, 6.07) is 3.62. The van der Waals surface area contributed by atoms with Crippen molar-refractivity contribution in [3.8, 4) is 0 Å². The molecule has 0 aromatic heterocycles. The van der Waals surface area contributed by atoms with Gasteiger partial charge >= 0.3 is 0 Å². The number of rotatable bonds is 2. The Labute approximate surface area is 103 Å². The van der Waals surface area contributed by atoms with Gasteiger partial charge in [-0.2, -0.15) is 0 Å². The van der Waals surface area contributed by atoms with Crippen LogP contribution in [0.4, 0.5) is 10.1 Å². The fraction of sp³-hybridized carbons (Fsp3) is 0.364. The summed E-state index contributed by atoms with van der Waals surface area (Å²) < 4.78 is 13.1. The molecule has 6 heteroatoms. The van der Waals surface area contributed by atoms with Gasteiger partial charge < -0.3 is 15.7 Å². The van der Waals surface area contributed by atoms with Crippen LogP contribution in [0.25, 0.3) is 0 Å². The zero-order chi connectivity index (χ0) is 12.4. The molecule has 0 spiro atoms. The van der Waals surface area contributed by atoms with Gasteiger partial charge in [0.2, 0.25) is 5.91 Å². The predicted octanol–water partition coefficient (Wildman–Crippen LogP) is 1.14. The number of β-amino-alcohol motifs (C(OH)–C–C–N with tert-alkyl or cyclic N) is 1. The third kappa shape index (κ3) is 2.94. The van der Waals surface area contributed by atoms with Crippen molar-refractivity contribution in [2.45, 2.75) is 18.6 Å². The van der Waals surface area contributed by atoms with Crippen LogP contribution in [0.2, 0.25) is 5.02 Å². The molecule has 1 aliphatic heterocycles. The topological polar surface area (TPSA) is 61.4 Å². The predicted molar refractivity (Wildman–Crippen MR) is 62.5 cm³/mol. The van der Waals surface area contributed by atoms with E-state index in [0.29, 0.717) is 18.7 Å². The average molecular weight is 259 g/mol. The molecule has 1 fully saturated rings. The second-order valence-electron chi connectivity index (χ2n) is 3.97. The summed E-state index contributed by atoms with van der Waals surface area (Å²) in [5.74, 6) is -0.868. The molecule has 1 aliphatic rings. The molecular formula is C11H12ClFN2O2. The van der Waals surface area contributed by atoms with Crippen LogP contribution in [0.1, 0.15) is 6.42 Å². The molecule has 1 aromatic rings. The summed E-state index contributed by atoms with van der Waals surface area (Å²) in [5, 5.41) is 14.7. The summed E-state index contributed by atoms with van der Waals surface area (Å²) in [6.45, 7) is 0.396. The van der Waals surface area contributed by atoms with Crippen LogP contribution in [0.3, 0.4) is 0 Å². The summed E-state index contributed by atoms with van der Waals surface area (Å²) in [5.41, 5.74) is 0.347. The van der Waals surface area contributed by atoms with Crippen molar-refractivity contribution in [1.29, 1.82) is 0 Å². The first-order valence-electron chi connectivity index (χ1n) is 5.23. The van der Waals surface area contributed by atoms with E-state index >= 15 is 0 Å². The quantitative estimate of drug-likeness (QED) is 0.746. The van der Waals surface area contributed by atoms with Gasteiger partial charge in [0.25, 0.3) is 0 Å². The summed E-state index contributed by atoms with van der Waals surface area (Å²) in [4.78, 5) is 11.7. The Kier molecular flexibility index (Phi) is 3.61. The van der Waals surface area contributed by atoms with Gasteiger partial charge in [-0.15, -0.1) is 0 Å². The standard InChI is InChI=1S/C11H12ClFN2O2/c12-8-2-1-6(3-9(8)13)15-11(17)10-4-7(16)5-14-10/h1-3,7,10,14,16H,4-5H2,(H,15,17). The van der Waals surface area contributed by atoms with E-state index in [1.807, 2.05) is 0 Å². The zero-order valence-corrected chi connectivity index (χ0v) is 9.67. The van der Waals surface area contributed by atoms with Gasteiger partial charge in [-0.25, -0.2) is 4.39 Å². The third-order valence-corrected chi connectivity index (χ3v) is 2.92. The van der Waals surface area contributed by atoms with E-state index in [2.05, 4.69) is 10.6 Å². The first kappa shape index (κ1) is 12.3. The van der Waals surface area contributed by atoms with Crippen molar-refractivity contribution in [2.75, 3.05) is 11.9 Å². The lowest BCUT2D eigenvalue weighted by Crippen LogP contribution is -2.35. The number of hydrogen-bond acceptors (Lipinski definition) is 3. The second-order valence-corrected chi connectivity index (χ2v) is 4.38. The summed E-state index contributed by atoms with van der Waals surface area (Å²) >= 11 is 5.53. The van der Waals surface area contributed by atoms with Crippen molar-refractivity contribution in [1.82, 2.24) is 5.32 Å². The Morgan fingerprint density at radius 2 is 2.35 bits per heavy atom. The lowest BCUT2D eigenvalue weighted by Gasteiger charge is -2.11. The molecule has 4 nitrogen and oxygen atoms in total. The molecule has 17 heavy (non-hydrogen) atoms. The number of benzene rings is 1. The maximum Gasteiger partial charge on any atom is 0.241 e. The van der Waals surface area contributed by atoms with Crippen LogP contribution in [-0.4, -0.2) is 29.7 Å². The molecule has 1 heterocycles. The van der Waals surface area contributed by atoms with Crippen molar-refractivity contribution in [3.63, 3.8) is 0 Å². The van der Waals surface area contributed by atoms with E-state index in [-0.39, 0.29) is 10.9 Å². The molecule has 2 rings (SSSR count). The molecule has 1 aromatic carbocycles. The fourth-order valence-electron chi connectivity index (χ4n) is 1.72. The maximum atomic E-state index is 13.1. The third-order valence-electron chi connectivity index (χ3n) is 2.61. The molecule has 0 saturated carbocycles. The number of aliphatic hydroxyl groups is 1. The monoisotopic (exact) mass is 258 g/mol. The minimum atomic E-state index is -0.580. The minimum absolute atomic E-state index is 0.0115. The maximum absolute atomic E-state index is 13.1. The van der Waals surface area contributed by atoms with Crippen molar-refractivity contribution in [3.05, 3.63) is 29.0 Å². The van der Waals surface area contributed by atoms with Crippen LogP contribution in [0.15, 0.2) is 18.2 Å². The number of halogens is 2. The van der Waals surface area contributed by atoms with Crippen LogP contribution in [0, 0.1) is 5.82 Å². The highest BCUT2D eigenvalue weighted by molar-refractivity contribution is 6.30. The first-order chi connectivity index (χ1) is 8.06. The normalized spacial score (nSPS) is 23.7. The number of carbonyl (C=O) groups is 1. The largest absolute Gasteiger partial charge is 0.392 e. The Morgan fingerprint density at radius 3 is 2.94 bits per heavy atom. The van der Waals surface area contributed by atoms with Gasteiger partial charge in [0, 0.05) is 12.2 Å². The minimum Gasteiger partial charge on any atom is -0.392 e. The molecule has 2 unspecified atom stereocenters. The van der Waals surface area contributed by atoms with E-state index in [0.717, 1.165) is 6.07 Å². The lowest BCUT2D eigenvalue weighted by atomic mass is 10.2. The SMILES string of the molecule is O=C(Nc1ccc(Cl)c(F)c1)C1CC(O)CN1. The summed E-state index contributed by atoms with van der Waals surface area (Å²) in [6.07, 6.45) is -0.144. The average Bonchev–Trinajstić information content (AvgIpc) is 2.70. The van der Waals surface area contributed by atoms with E-state index in [4.69, 9.17) is 11.6 Å². The lowest BCUT2D eigenvalue weighted by molar-refractivity contribution is -0.117. The van der Waals surface area contributed by atoms with Gasteiger partial charge in [0.1, 0.15) is 5.82 Å². The smallest absolute Gasteiger partial charge is 0.241 e. The Balaban J connectivity index is 2.00. The molecule has 1 saturated heterocycles. The van der Waals surface area contributed by atoms with Gasteiger partial charge in [-0.3, -0.25) is 4.79 Å². The second kappa shape index (κ2) is 5.00. The van der Waals surface area contributed by atoms with E-state index in [1.54, 1.807) is 0 Å². The van der Waals surface area contributed by atoms with Crippen LogP contribution in [-0.2, 0) is 4.79 Å². The Bertz CT molecular complexity index is 441. The van der Waals surface area contributed by atoms with E-state index < -0.39 is 18.0 Å². The molecule has 2 atom stereocenters. The number of carbonyl (C=O) groups excluding carboxylic acids is 1. The fourth-order valence-corrected chi connectivity index (χ4v) is 1.84. The number of anilines is 1. The molecule has 0 aliphatic carbocycles. The Hall–Kier alpha value is -1.17. The highest BCUT2D eigenvalue weighted by Crippen LogP contribution is 2.19. The van der Waals surface area contributed by atoms with Gasteiger partial charge in [0.05, 0.1) is 17.2 Å². The molecule has 92 valence electrons. The highest BCUT2D eigenvalue weighted by atomic mass is 35.5. The Morgan fingerprint density at radius 1 is 1.59 bits per heavy atom. The number of amides is 1. The van der Waals surface area contributed by atoms with Gasteiger partial charge in [-0.05, 0) is 24.6 Å². The van der Waals surface area contributed by atoms with Crippen molar-refractivity contribution in [2.24, 2.45) is 0 Å². The first-order valence-corrected chi connectivity index (χ1v) is 5.61.